The van der Waals surface area contributed by atoms with Crippen molar-refractivity contribution in [3.63, 3.8) is 0 Å². The number of rotatable bonds is 3. The number of aromatic nitrogens is 6. The average Bonchev–Trinajstić information content (AvgIpc) is 3.67. The second-order valence-corrected chi connectivity index (χ2v) is 10.4. The van der Waals surface area contributed by atoms with E-state index >= 15 is 0 Å². The molecule has 0 saturated carbocycles. The van der Waals surface area contributed by atoms with E-state index < -0.39 is 0 Å². The van der Waals surface area contributed by atoms with E-state index in [1.54, 1.807) is 31.0 Å². The van der Waals surface area contributed by atoms with Crippen LogP contribution in [0.3, 0.4) is 0 Å². The second-order valence-electron chi connectivity index (χ2n) is 9.22. The number of nitrogens with one attached hydrogen (secondary N) is 2. The zero-order valence-electron chi connectivity index (χ0n) is 23.4. The molecular formula is C36H23Cl3N6. The number of H-pyrrole nitrogens is 2. The van der Waals surface area contributed by atoms with Gasteiger partial charge in [0.05, 0.1) is 21.4 Å². The van der Waals surface area contributed by atoms with E-state index in [0.717, 1.165) is 50.2 Å². The van der Waals surface area contributed by atoms with Crippen LogP contribution in [-0.4, -0.2) is 29.9 Å². The summed E-state index contributed by atoms with van der Waals surface area (Å²) in [6.45, 7) is 0. The molecule has 0 aliphatic carbocycles. The average molecular weight is 647 g/mol. The molecule has 7 rings (SSSR count). The van der Waals surface area contributed by atoms with Crippen LogP contribution in [0.2, 0.25) is 15.3 Å². The summed E-state index contributed by atoms with van der Waals surface area (Å²) >= 11 is 18.0. The van der Waals surface area contributed by atoms with Crippen LogP contribution in [0.1, 0.15) is 1.43 Å². The van der Waals surface area contributed by atoms with Gasteiger partial charge in [0.25, 0.3) is 0 Å². The number of fused-ring (bicyclic) bond motifs is 2. The highest BCUT2D eigenvalue weighted by molar-refractivity contribution is 6.31. The predicted molar refractivity (Wildman–Crippen MR) is 187 cm³/mol. The fraction of sp³-hybridized carbons (Fsp3) is 0. The largest absolute Gasteiger partial charge is 0.354 e. The zero-order chi connectivity index (χ0) is 31.6. The molecule has 0 unspecified atom stereocenters. The van der Waals surface area contributed by atoms with E-state index in [4.69, 9.17) is 47.6 Å². The van der Waals surface area contributed by atoms with Crippen LogP contribution in [0, 0.1) is 36.5 Å². The van der Waals surface area contributed by atoms with Gasteiger partial charge in [-0.05, 0) is 71.7 Å². The summed E-state index contributed by atoms with van der Waals surface area (Å²) in [5.41, 5.74) is 7.66. The molecule has 0 saturated heterocycles. The first-order valence-corrected chi connectivity index (χ1v) is 14.4. The lowest BCUT2D eigenvalue weighted by Crippen LogP contribution is -1.89. The van der Waals surface area contributed by atoms with Crippen molar-refractivity contribution in [3.8, 4) is 70.3 Å². The van der Waals surface area contributed by atoms with Gasteiger partial charge in [-0.15, -0.1) is 12.8 Å². The van der Waals surface area contributed by atoms with E-state index in [1.165, 1.54) is 5.39 Å². The monoisotopic (exact) mass is 645 g/mol. The summed E-state index contributed by atoms with van der Waals surface area (Å²) < 4.78 is 0. The number of hydrogen-bond acceptors (Lipinski definition) is 4. The van der Waals surface area contributed by atoms with Gasteiger partial charge < -0.3 is 9.97 Å². The van der Waals surface area contributed by atoms with Crippen molar-refractivity contribution < 1.29 is 1.43 Å². The Morgan fingerprint density at radius 2 is 1.33 bits per heavy atom. The van der Waals surface area contributed by atoms with Crippen molar-refractivity contribution in [1.29, 1.82) is 0 Å². The van der Waals surface area contributed by atoms with E-state index in [1.807, 2.05) is 54.6 Å². The van der Waals surface area contributed by atoms with Crippen LogP contribution >= 0.6 is 34.8 Å². The second kappa shape index (κ2) is 14.8. The number of hydrogen-bond donors (Lipinski definition) is 2. The van der Waals surface area contributed by atoms with E-state index in [0.29, 0.717) is 10.0 Å². The summed E-state index contributed by atoms with van der Waals surface area (Å²) in [5.74, 6) is 8.61. The molecule has 0 amide bonds. The van der Waals surface area contributed by atoms with Crippen LogP contribution in [0.5, 0.6) is 0 Å². The first-order valence-electron chi connectivity index (χ1n) is 13.3. The van der Waals surface area contributed by atoms with Gasteiger partial charge in [-0.2, -0.15) is 0 Å². The number of benzene rings is 2. The molecule has 6 nitrogen and oxygen atoms in total. The molecule has 0 fully saturated rings. The highest BCUT2D eigenvalue weighted by atomic mass is 35.5. The highest BCUT2D eigenvalue weighted by Crippen LogP contribution is 2.37. The Kier molecular flexibility index (Phi) is 10.1. The van der Waals surface area contributed by atoms with Crippen molar-refractivity contribution in [2.75, 3.05) is 0 Å². The topological polar surface area (TPSA) is 83.1 Å². The molecule has 2 aromatic carbocycles. The van der Waals surface area contributed by atoms with Gasteiger partial charge in [-0.3, -0.25) is 9.97 Å². The summed E-state index contributed by atoms with van der Waals surface area (Å²) in [6.07, 6.45) is 17.8. The van der Waals surface area contributed by atoms with Crippen molar-refractivity contribution >= 4 is 56.6 Å². The molecule has 0 aliphatic heterocycles. The van der Waals surface area contributed by atoms with Crippen LogP contribution in [0.15, 0.2) is 104 Å². The Hall–Kier alpha value is -5.55. The van der Waals surface area contributed by atoms with Crippen molar-refractivity contribution in [3.05, 3.63) is 119 Å². The summed E-state index contributed by atoms with van der Waals surface area (Å²) in [4.78, 5) is 23.3. The van der Waals surface area contributed by atoms with Gasteiger partial charge in [0, 0.05) is 76.6 Å². The molecule has 0 radical (unpaired) electrons. The van der Waals surface area contributed by atoms with Gasteiger partial charge in [-0.25, -0.2) is 9.97 Å². The molecule has 2 N–H and O–H groups in total. The van der Waals surface area contributed by atoms with Gasteiger partial charge in [0.2, 0.25) is 5.28 Å². The maximum absolute atomic E-state index is 6.09. The Morgan fingerprint density at radius 3 is 2.00 bits per heavy atom. The normalized spacial score (nSPS) is 9.89. The van der Waals surface area contributed by atoms with Crippen LogP contribution in [0.25, 0.3) is 55.6 Å². The summed E-state index contributed by atoms with van der Waals surface area (Å²) in [6, 6.07) is 23.9. The van der Waals surface area contributed by atoms with Gasteiger partial charge >= 0.3 is 0 Å². The first-order chi connectivity index (χ1) is 22.0. The van der Waals surface area contributed by atoms with Gasteiger partial charge in [0.15, 0.2) is 0 Å². The number of para-hydroxylation sites is 2. The lowest BCUT2D eigenvalue weighted by molar-refractivity contribution is 1.17. The third-order valence-electron chi connectivity index (χ3n) is 6.33. The van der Waals surface area contributed by atoms with Gasteiger partial charge in [0.1, 0.15) is 0 Å². The minimum atomic E-state index is 0. The first kappa shape index (κ1) is 30.9. The van der Waals surface area contributed by atoms with E-state index in [-0.39, 0.29) is 6.71 Å². The summed E-state index contributed by atoms with van der Waals surface area (Å²) in [7, 11) is 0. The highest BCUT2D eigenvalue weighted by Gasteiger charge is 2.17. The molecule has 5 heterocycles. The molecule has 0 atom stereocenters. The lowest BCUT2D eigenvalue weighted by atomic mass is 10.0. The predicted octanol–water partition coefficient (Wildman–Crippen LogP) is 9.38. The SMILES string of the molecule is C#CC#CC#C.Clc1cncc(-c2[nH]c3ccccc3c2-c2ccnc(Cl)n2)c1.Clc1cncc(-c2cc3ccccc3[nH]2)c1.[2HH]. The third-order valence-corrected chi connectivity index (χ3v) is 6.93. The Balaban J connectivity index is 0.000000182. The zero-order valence-corrected chi connectivity index (χ0v) is 25.7. The number of halogens is 3. The fourth-order valence-corrected chi connectivity index (χ4v) is 5.00. The Labute approximate surface area is 276 Å². The Morgan fingerprint density at radius 1 is 0.689 bits per heavy atom. The number of terminal acetylenes is 2. The van der Waals surface area contributed by atoms with E-state index in [9.17, 15) is 0 Å². The molecule has 7 aromatic rings. The van der Waals surface area contributed by atoms with E-state index in [2.05, 4.69) is 71.8 Å². The molecular weight excluding hydrogens is 623 g/mol. The molecule has 0 aliphatic rings. The number of nitrogens with zero attached hydrogens (tertiary/aromatic N) is 4. The lowest BCUT2D eigenvalue weighted by Gasteiger charge is -2.05. The molecule has 218 valence electrons. The third kappa shape index (κ3) is 7.70. The molecule has 5 aromatic heterocycles. The Bertz CT molecular complexity index is 2220. The minimum Gasteiger partial charge on any atom is -0.354 e. The minimum absolute atomic E-state index is 0. The van der Waals surface area contributed by atoms with Crippen molar-refractivity contribution in [1.82, 2.24) is 29.9 Å². The molecule has 0 bridgehead atoms. The summed E-state index contributed by atoms with van der Waals surface area (Å²) in [5, 5.41) is 3.68. The fourth-order valence-electron chi connectivity index (χ4n) is 4.51. The smallest absolute Gasteiger partial charge is 0.222 e. The maximum Gasteiger partial charge on any atom is 0.222 e. The van der Waals surface area contributed by atoms with Crippen LogP contribution in [-0.2, 0) is 0 Å². The molecule has 0 spiro atoms. The molecule has 9 heteroatoms. The van der Waals surface area contributed by atoms with Crippen molar-refractivity contribution in [2.45, 2.75) is 0 Å². The number of pyridine rings is 2. The van der Waals surface area contributed by atoms with Crippen LogP contribution in [0.4, 0.5) is 0 Å². The van der Waals surface area contributed by atoms with Crippen LogP contribution < -0.4 is 0 Å². The van der Waals surface area contributed by atoms with Gasteiger partial charge in [-0.1, -0.05) is 59.6 Å². The molecule has 45 heavy (non-hydrogen) atoms. The van der Waals surface area contributed by atoms with Crippen molar-refractivity contribution in [2.24, 2.45) is 0 Å². The quantitative estimate of drug-likeness (QED) is 0.148. The number of aromatic amines is 2. The standard InChI is InChI=1S/C17H10Cl2N4.C13H9ClN2.C6H2.H2/c18-11-7-10(8-20-9-11)16-15(14-5-6-21-17(19)23-14)12-3-1-2-4-13(12)22-16;14-11-5-10(7-15-8-11)13-6-9-3-1-2-4-12(9)16-13;1-3-5-6-4-2;/h1-9,22H;1-8,16H;1-2H;1H/i;;;1+1. The maximum atomic E-state index is 6.09.